The number of halogens is 1. The first-order valence-electron chi connectivity index (χ1n) is 5.33. The maximum absolute atomic E-state index is 13.3. The van der Waals surface area contributed by atoms with Crippen molar-refractivity contribution < 1.29 is 14.3 Å². The second kappa shape index (κ2) is 5.58. The van der Waals surface area contributed by atoms with Gasteiger partial charge >= 0.3 is 0 Å². The molecule has 0 fully saturated rings. The van der Waals surface area contributed by atoms with Gasteiger partial charge in [0.05, 0.1) is 11.6 Å². The maximum Gasteiger partial charge on any atom is 0.283 e. The molecule has 2 rings (SSSR count). The Morgan fingerprint density at radius 1 is 1.58 bits per heavy atom. The highest BCUT2D eigenvalue weighted by molar-refractivity contribution is 7.80. The van der Waals surface area contributed by atoms with Crippen LogP contribution in [0.5, 0.6) is 5.75 Å². The van der Waals surface area contributed by atoms with Crippen LogP contribution >= 0.6 is 24.0 Å². The van der Waals surface area contributed by atoms with Gasteiger partial charge in [0.15, 0.2) is 16.6 Å². The molecular weight excluding hydrogens is 287 g/mol. The molecule has 1 heterocycles. The Hall–Kier alpha value is -1.60. The van der Waals surface area contributed by atoms with Crippen LogP contribution < -0.4 is 0 Å². The number of nitrogens with zero attached hydrogens (tertiary/aromatic N) is 2. The Morgan fingerprint density at radius 3 is 2.95 bits per heavy atom. The SMILES string of the molecule is CN(CS)C(=O)c1nc(-c2ccc(O)c(F)c2)cs1. The van der Waals surface area contributed by atoms with Gasteiger partial charge in [-0.25, -0.2) is 9.37 Å². The normalized spacial score (nSPS) is 10.5. The van der Waals surface area contributed by atoms with Crippen molar-refractivity contribution in [2.75, 3.05) is 12.9 Å². The number of thiazole rings is 1. The molecule has 0 saturated carbocycles. The van der Waals surface area contributed by atoms with E-state index in [1.54, 1.807) is 18.5 Å². The topological polar surface area (TPSA) is 53.4 Å². The predicted octanol–water partition coefficient (Wildman–Crippen LogP) is 2.61. The lowest BCUT2D eigenvalue weighted by Gasteiger charge is -2.10. The van der Waals surface area contributed by atoms with Gasteiger partial charge in [0, 0.05) is 18.0 Å². The summed E-state index contributed by atoms with van der Waals surface area (Å²) >= 11 is 5.20. The van der Waals surface area contributed by atoms with Crippen molar-refractivity contribution in [2.24, 2.45) is 0 Å². The van der Waals surface area contributed by atoms with Crippen LogP contribution in [0.1, 0.15) is 9.80 Å². The minimum Gasteiger partial charge on any atom is -0.505 e. The zero-order valence-electron chi connectivity index (χ0n) is 10.00. The molecule has 0 aliphatic carbocycles. The molecule has 0 atom stereocenters. The van der Waals surface area contributed by atoms with E-state index >= 15 is 0 Å². The second-order valence-corrected chi connectivity index (χ2v) is 4.99. The molecule has 0 radical (unpaired) electrons. The van der Waals surface area contributed by atoms with Gasteiger partial charge in [-0.2, -0.15) is 12.6 Å². The molecule has 4 nitrogen and oxygen atoms in total. The smallest absolute Gasteiger partial charge is 0.283 e. The summed E-state index contributed by atoms with van der Waals surface area (Å²) in [6.45, 7) is 0. The van der Waals surface area contributed by atoms with E-state index in [1.807, 2.05) is 0 Å². The number of amides is 1. The first kappa shape index (κ1) is 13.8. The van der Waals surface area contributed by atoms with Gasteiger partial charge in [0.25, 0.3) is 5.91 Å². The molecule has 1 aromatic heterocycles. The van der Waals surface area contributed by atoms with Crippen LogP contribution in [0.2, 0.25) is 0 Å². The van der Waals surface area contributed by atoms with E-state index in [0.717, 1.165) is 0 Å². The van der Waals surface area contributed by atoms with Crippen molar-refractivity contribution in [2.45, 2.75) is 0 Å². The summed E-state index contributed by atoms with van der Waals surface area (Å²) in [7, 11) is 1.62. The van der Waals surface area contributed by atoms with Crippen molar-refractivity contribution >= 4 is 29.9 Å². The van der Waals surface area contributed by atoms with E-state index < -0.39 is 11.6 Å². The Kier molecular flexibility index (Phi) is 4.06. The summed E-state index contributed by atoms with van der Waals surface area (Å²) in [5, 5.41) is 11.1. The summed E-state index contributed by atoms with van der Waals surface area (Å²) in [6, 6.07) is 3.98. The molecule has 0 saturated heterocycles. The summed E-state index contributed by atoms with van der Waals surface area (Å²) in [5.41, 5.74) is 1.01. The summed E-state index contributed by atoms with van der Waals surface area (Å²) < 4.78 is 13.3. The van der Waals surface area contributed by atoms with E-state index in [4.69, 9.17) is 5.11 Å². The number of hydrogen-bond acceptors (Lipinski definition) is 5. The van der Waals surface area contributed by atoms with Crippen molar-refractivity contribution in [1.82, 2.24) is 9.88 Å². The quantitative estimate of drug-likeness (QED) is 0.676. The van der Waals surface area contributed by atoms with Crippen molar-refractivity contribution in [1.29, 1.82) is 0 Å². The number of rotatable bonds is 3. The fourth-order valence-electron chi connectivity index (χ4n) is 1.40. The molecule has 1 aromatic carbocycles. The van der Waals surface area contributed by atoms with E-state index in [0.29, 0.717) is 22.1 Å². The lowest BCUT2D eigenvalue weighted by molar-refractivity contribution is 0.0820. The van der Waals surface area contributed by atoms with E-state index in [-0.39, 0.29) is 5.91 Å². The lowest BCUT2D eigenvalue weighted by atomic mass is 10.1. The third-order valence-corrected chi connectivity index (χ3v) is 3.74. The Bertz CT molecular complexity index is 616. The predicted molar refractivity (Wildman–Crippen MR) is 75.1 cm³/mol. The van der Waals surface area contributed by atoms with Gasteiger partial charge in [-0.05, 0) is 18.2 Å². The summed E-state index contributed by atoms with van der Waals surface area (Å²) in [4.78, 5) is 17.4. The molecular formula is C12H11FN2O2S2. The summed E-state index contributed by atoms with van der Waals surface area (Å²) in [6.07, 6.45) is 0. The van der Waals surface area contributed by atoms with Crippen LogP contribution in [-0.4, -0.2) is 33.8 Å². The monoisotopic (exact) mass is 298 g/mol. The first-order valence-corrected chi connectivity index (χ1v) is 6.85. The van der Waals surface area contributed by atoms with E-state index in [1.165, 1.54) is 28.4 Å². The number of aromatic nitrogens is 1. The van der Waals surface area contributed by atoms with E-state index in [9.17, 15) is 9.18 Å². The molecule has 2 aromatic rings. The maximum atomic E-state index is 13.3. The Balaban J connectivity index is 2.30. The zero-order chi connectivity index (χ0) is 14.0. The van der Waals surface area contributed by atoms with Gasteiger partial charge < -0.3 is 10.0 Å². The molecule has 1 N–H and O–H groups in total. The Morgan fingerprint density at radius 2 is 2.32 bits per heavy atom. The van der Waals surface area contributed by atoms with Gasteiger partial charge in [-0.1, -0.05) is 0 Å². The van der Waals surface area contributed by atoms with Gasteiger partial charge in [0.1, 0.15) is 0 Å². The zero-order valence-corrected chi connectivity index (χ0v) is 11.7. The lowest BCUT2D eigenvalue weighted by Crippen LogP contribution is -2.25. The van der Waals surface area contributed by atoms with E-state index in [2.05, 4.69) is 17.6 Å². The molecule has 0 unspecified atom stereocenters. The molecule has 0 aliphatic heterocycles. The number of phenols is 1. The van der Waals surface area contributed by atoms with Gasteiger partial charge in [-0.3, -0.25) is 4.79 Å². The average Bonchev–Trinajstić information content (AvgIpc) is 2.89. The highest BCUT2D eigenvalue weighted by Gasteiger charge is 2.16. The van der Waals surface area contributed by atoms with Crippen LogP contribution in [-0.2, 0) is 0 Å². The minimum absolute atomic E-state index is 0.231. The highest BCUT2D eigenvalue weighted by atomic mass is 32.1. The van der Waals surface area contributed by atoms with Gasteiger partial charge in [0.2, 0.25) is 0 Å². The standard InChI is InChI=1S/C12H11FN2O2S2/c1-15(6-18)12(17)11-14-9(5-19-11)7-2-3-10(16)8(13)4-7/h2-5,16,18H,6H2,1H3. The molecule has 19 heavy (non-hydrogen) atoms. The average molecular weight is 298 g/mol. The number of carbonyl (C=O) groups is 1. The number of carbonyl (C=O) groups excluding carboxylic acids is 1. The molecule has 0 spiro atoms. The molecule has 1 amide bonds. The molecule has 0 aliphatic rings. The van der Waals surface area contributed by atoms with Gasteiger partial charge in [-0.15, -0.1) is 11.3 Å². The number of benzene rings is 1. The third-order valence-electron chi connectivity index (χ3n) is 2.49. The van der Waals surface area contributed by atoms with Crippen LogP contribution in [0.25, 0.3) is 11.3 Å². The number of hydrogen-bond donors (Lipinski definition) is 2. The Labute approximate surface area is 118 Å². The van der Waals surface area contributed by atoms with Crippen molar-refractivity contribution in [3.05, 3.63) is 34.4 Å². The molecule has 0 bridgehead atoms. The first-order chi connectivity index (χ1) is 9.02. The minimum atomic E-state index is -0.717. The summed E-state index contributed by atoms with van der Waals surface area (Å²) in [5.74, 6) is -1.07. The van der Waals surface area contributed by atoms with Crippen LogP contribution in [0, 0.1) is 5.82 Å². The molecule has 7 heteroatoms. The second-order valence-electron chi connectivity index (χ2n) is 3.85. The van der Waals surface area contributed by atoms with Crippen molar-refractivity contribution in [3.63, 3.8) is 0 Å². The third kappa shape index (κ3) is 2.87. The van der Waals surface area contributed by atoms with Crippen LogP contribution in [0.3, 0.4) is 0 Å². The van der Waals surface area contributed by atoms with Crippen LogP contribution in [0.4, 0.5) is 4.39 Å². The molecule has 100 valence electrons. The highest BCUT2D eigenvalue weighted by Crippen LogP contribution is 2.26. The number of aromatic hydroxyl groups is 1. The fraction of sp³-hybridized carbons (Fsp3) is 0.167. The largest absolute Gasteiger partial charge is 0.505 e. The van der Waals surface area contributed by atoms with Crippen molar-refractivity contribution in [3.8, 4) is 17.0 Å². The number of phenolic OH excluding ortho intramolecular Hbond substituents is 1. The number of thiol groups is 1. The fourth-order valence-corrected chi connectivity index (χ4v) is 2.35. The van der Waals surface area contributed by atoms with Crippen LogP contribution in [0.15, 0.2) is 23.6 Å².